The molecule has 0 saturated heterocycles. The standard InChI is InChI=1S/C16H19ClN2/c1-5-6-16-18-14(9-15(17)19-16)13-8-11(3)10(2)7-12(13)4/h7-9H,5-6H2,1-4H3. The molecular formula is C16H19ClN2. The molecule has 0 bridgehead atoms. The Morgan fingerprint density at radius 1 is 0.947 bits per heavy atom. The Bertz CT molecular complexity index is 606. The molecule has 0 aliphatic carbocycles. The van der Waals surface area contributed by atoms with Crippen molar-refractivity contribution in [3.8, 4) is 11.3 Å². The summed E-state index contributed by atoms with van der Waals surface area (Å²) in [7, 11) is 0. The monoisotopic (exact) mass is 274 g/mol. The third-order valence-electron chi connectivity index (χ3n) is 3.33. The van der Waals surface area contributed by atoms with Crippen molar-refractivity contribution in [2.75, 3.05) is 0 Å². The summed E-state index contributed by atoms with van der Waals surface area (Å²) >= 11 is 6.11. The van der Waals surface area contributed by atoms with Gasteiger partial charge in [-0.3, -0.25) is 0 Å². The van der Waals surface area contributed by atoms with Gasteiger partial charge < -0.3 is 0 Å². The molecule has 0 atom stereocenters. The molecule has 0 saturated carbocycles. The maximum atomic E-state index is 6.11. The number of hydrogen-bond acceptors (Lipinski definition) is 2. The van der Waals surface area contributed by atoms with Crippen molar-refractivity contribution in [3.63, 3.8) is 0 Å². The molecule has 0 aliphatic heterocycles. The fourth-order valence-electron chi connectivity index (χ4n) is 2.17. The Kier molecular flexibility index (Phi) is 4.20. The quantitative estimate of drug-likeness (QED) is 0.760. The predicted octanol–water partition coefficient (Wildman–Crippen LogP) is 4.67. The van der Waals surface area contributed by atoms with Crippen LogP contribution < -0.4 is 0 Å². The lowest BCUT2D eigenvalue weighted by molar-refractivity contribution is 0.836. The Hall–Kier alpha value is -1.41. The van der Waals surface area contributed by atoms with Crippen LogP contribution in [0.4, 0.5) is 0 Å². The summed E-state index contributed by atoms with van der Waals surface area (Å²) in [6.07, 6.45) is 1.88. The molecule has 3 heteroatoms. The van der Waals surface area contributed by atoms with Gasteiger partial charge in [0.1, 0.15) is 11.0 Å². The average Bonchev–Trinajstić information content (AvgIpc) is 2.33. The van der Waals surface area contributed by atoms with Crippen LogP contribution in [0.2, 0.25) is 5.15 Å². The van der Waals surface area contributed by atoms with E-state index in [2.05, 4.69) is 49.8 Å². The van der Waals surface area contributed by atoms with Crippen LogP contribution in [0, 0.1) is 20.8 Å². The molecule has 0 fully saturated rings. The molecule has 19 heavy (non-hydrogen) atoms. The summed E-state index contributed by atoms with van der Waals surface area (Å²) < 4.78 is 0. The summed E-state index contributed by atoms with van der Waals surface area (Å²) in [5, 5.41) is 0.520. The first-order chi connectivity index (χ1) is 9.01. The van der Waals surface area contributed by atoms with E-state index in [1.165, 1.54) is 16.7 Å². The van der Waals surface area contributed by atoms with Crippen molar-refractivity contribution in [3.05, 3.63) is 45.9 Å². The number of hydrogen-bond donors (Lipinski definition) is 0. The molecule has 2 rings (SSSR count). The minimum absolute atomic E-state index is 0.520. The van der Waals surface area contributed by atoms with Crippen molar-refractivity contribution in [2.45, 2.75) is 40.5 Å². The Balaban J connectivity index is 2.55. The van der Waals surface area contributed by atoms with Crippen molar-refractivity contribution >= 4 is 11.6 Å². The van der Waals surface area contributed by atoms with Crippen LogP contribution >= 0.6 is 11.6 Å². The molecule has 1 aromatic heterocycles. The van der Waals surface area contributed by atoms with E-state index in [0.717, 1.165) is 29.9 Å². The zero-order valence-corrected chi connectivity index (χ0v) is 12.7. The number of benzene rings is 1. The molecule has 0 spiro atoms. The third kappa shape index (κ3) is 3.13. The minimum atomic E-state index is 0.520. The van der Waals surface area contributed by atoms with Gasteiger partial charge in [0.05, 0.1) is 5.69 Å². The highest BCUT2D eigenvalue weighted by atomic mass is 35.5. The lowest BCUT2D eigenvalue weighted by atomic mass is 9.98. The van der Waals surface area contributed by atoms with Crippen LogP contribution in [0.25, 0.3) is 11.3 Å². The highest BCUT2D eigenvalue weighted by molar-refractivity contribution is 6.29. The first kappa shape index (κ1) is 14.0. The van der Waals surface area contributed by atoms with Gasteiger partial charge in [-0.15, -0.1) is 0 Å². The Morgan fingerprint density at radius 2 is 1.63 bits per heavy atom. The molecule has 0 amide bonds. The van der Waals surface area contributed by atoms with Crippen molar-refractivity contribution in [1.82, 2.24) is 9.97 Å². The molecular weight excluding hydrogens is 256 g/mol. The zero-order valence-electron chi connectivity index (χ0n) is 11.9. The fraction of sp³-hybridized carbons (Fsp3) is 0.375. The van der Waals surface area contributed by atoms with Crippen molar-refractivity contribution in [2.24, 2.45) is 0 Å². The van der Waals surface area contributed by atoms with E-state index in [1.807, 2.05) is 6.07 Å². The number of halogens is 1. The van der Waals surface area contributed by atoms with Crippen molar-refractivity contribution in [1.29, 1.82) is 0 Å². The molecule has 0 radical (unpaired) electrons. The van der Waals surface area contributed by atoms with Crippen LogP contribution in [0.3, 0.4) is 0 Å². The first-order valence-electron chi connectivity index (χ1n) is 6.63. The second-order valence-corrected chi connectivity index (χ2v) is 5.38. The summed E-state index contributed by atoms with van der Waals surface area (Å²) in [4.78, 5) is 8.90. The molecule has 2 aromatic rings. The van der Waals surface area contributed by atoms with Gasteiger partial charge in [0.25, 0.3) is 0 Å². The summed E-state index contributed by atoms with van der Waals surface area (Å²) in [6.45, 7) is 8.47. The number of rotatable bonds is 3. The molecule has 1 heterocycles. The van der Waals surface area contributed by atoms with Gasteiger partial charge in [-0.1, -0.05) is 24.6 Å². The lowest BCUT2D eigenvalue weighted by Gasteiger charge is -2.10. The van der Waals surface area contributed by atoms with Gasteiger partial charge in [-0.25, -0.2) is 9.97 Å². The average molecular weight is 275 g/mol. The van der Waals surface area contributed by atoms with Crippen LogP contribution in [0.15, 0.2) is 18.2 Å². The van der Waals surface area contributed by atoms with Gasteiger partial charge >= 0.3 is 0 Å². The lowest BCUT2D eigenvalue weighted by Crippen LogP contribution is -1.98. The summed E-state index contributed by atoms with van der Waals surface area (Å²) in [6, 6.07) is 6.22. The van der Waals surface area contributed by atoms with Gasteiger partial charge in [-0.2, -0.15) is 0 Å². The SMILES string of the molecule is CCCc1nc(Cl)cc(-c2cc(C)c(C)cc2C)n1. The van der Waals surface area contributed by atoms with Gasteiger partial charge in [0.15, 0.2) is 0 Å². The zero-order chi connectivity index (χ0) is 14.0. The van der Waals surface area contributed by atoms with E-state index in [4.69, 9.17) is 11.6 Å². The van der Waals surface area contributed by atoms with Crippen LogP contribution in [0.5, 0.6) is 0 Å². The number of aromatic nitrogens is 2. The maximum Gasteiger partial charge on any atom is 0.133 e. The minimum Gasteiger partial charge on any atom is -0.233 e. The number of nitrogens with zero attached hydrogens (tertiary/aromatic N) is 2. The third-order valence-corrected chi connectivity index (χ3v) is 3.53. The van der Waals surface area contributed by atoms with E-state index in [-0.39, 0.29) is 0 Å². The van der Waals surface area contributed by atoms with Crippen LogP contribution in [0.1, 0.15) is 35.9 Å². The molecule has 2 nitrogen and oxygen atoms in total. The number of aryl methyl sites for hydroxylation is 4. The van der Waals surface area contributed by atoms with E-state index in [9.17, 15) is 0 Å². The van der Waals surface area contributed by atoms with E-state index in [1.54, 1.807) is 0 Å². The Morgan fingerprint density at radius 3 is 2.32 bits per heavy atom. The maximum absolute atomic E-state index is 6.11. The topological polar surface area (TPSA) is 25.8 Å². The smallest absolute Gasteiger partial charge is 0.133 e. The van der Waals surface area contributed by atoms with Gasteiger partial charge in [-0.05, 0) is 49.9 Å². The van der Waals surface area contributed by atoms with Crippen LogP contribution in [-0.4, -0.2) is 9.97 Å². The van der Waals surface area contributed by atoms with Gasteiger partial charge in [0.2, 0.25) is 0 Å². The molecule has 0 aliphatic rings. The largest absolute Gasteiger partial charge is 0.233 e. The fourth-order valence-corrected chi connectivity index (χ4v) is 2.38. The second-order valence-electron chi connectivity index (χ2n) is 4.99. The summed E-state index contributed by atoms with van der Waals surface area (Å²) in [5.41, 5.74) is 5.86. The predicted molar refractivity (Wildman–Crippen MR) is 80.7 cm³/mol. The molecule has 100 valence electrons. The molecule has 0 N–H and O–H groups in total. The summed E-state index contributed by atoms with van der Waals surface area (Å²) in [5.74, 6) is 0.822. The highest BCUT2D eigenvalue weighted by Gasteiger charge is 2.09. The molecule has 0 unspecified atom stereocenters. The highest BCUT2D eigenvalue weighted by Crippen LogP contribution is 2.26. The Labute approximate surface area is 119 Å². The van der Waals surface area contributed by atoms with E-state index < -0.39 is 0 Å². The van der Waals surface area contributed by atoms with Crippen molar-refractivity contribution < 1.29 is 0 Å². The van der Waals surface area contributed by atoms with E-state index in [0.29, 0.717) is 5.15 Å². The van der Waals surface area contributed by atoms with Crippen LogP contribution in [-0.2, 0) is 6.42 Å². The van der Waals surface area contributed by atoms with Gasteiger partial charge in [0, 0.05) is 18.1 Å². The molecule has 1 aromatic carbocycles. The normalized spacial score (nSPS) is 10.8. The first-order valence-corrected chi connectivity index (χ1v) is 7.00. The second kappa shape index (κ2) is 5.70. The van der Waals surface area contributed by atoms with E-state index >= 15 is 0 Å².